The Balaban J connectivity index is 2.51. The third kappa shape index (κ3) is 3.15. The van der Waals surface area contributed by atoms with E-state index >= 15 is 0 Å². The Morgan fingerprint density at radius 2 is 2.05 bits per heavy atom. The molecule has 2 rings (SSSR count). The molecule has 1 aromatic carbocycles. The van der Waals surface area contributed by atoms with Crippen molar-refractivity contribution in [1.29, 1.82) is 0 Å². The maximum absolute atomic E-state index is 6.00. The second-order valence-electron chi connectivity index (χ2n) is 4.53. The van der Waals surface area contributed by atoms with Gasteiger partial charge in [0.05, 0.1) is 23.7 Å². The van der Waals surface area contributed by atoms with Crippen molar-refractivity contribution >= 4 is 17.4 Å². The van der Waals surface area contributed by atoms with Crippen LogP contribution in [0.15, 0.2) is 24.4 Å². The number of nitrogens with zero attached hydrogens (tertiary/aromatic N) is 2. The predicted octanol–water partition coefficient (Wildman–Crippen LogP) is 3.47. The van der Waals surface area contributed by atoms with E-state index in [0.717, 1.165) is 5.56 Å². The van der Waals surface area contributed by atoms with Crippen molar-refractivity contribution in [3.8, 4) is 17.0 Å². The van der Waals surface area contributed by atoms with Gasteiger partial charge in [-0.15, -0.1) is 0 Å². The minimum absolute atomic E-state index is 0.0490. The fourth-order valence-electron chi connectivity index (χ4n) is 1.65. The summed E-state index contributed by atoms with van der Waals surface area (Å²) in [4.78, 5) is 8.55. The third-order valence-corrected chi connectivity index (χ3v) is 2.81. The zero-order valence-corrected chi connectivity index (χ0v) is 11.9. The minimum Gasteiger partial charge on any atom is -0.490 e. The molecule has 0 saturated carbocycles. The average Bonchev–Trinajstić information content (AvgIpc) is 2.32. The van der Waals surface area contributed by atoms with Gasteiger partial charge in [-0.3, -0.25) is 4.98 Å². The smallest absolute Gasteiger partial charge is 0.145 e. The summed E-state index contributed by atoms with van der Waals surface area (Å²) in [6, 6.07) is 5.43. The SMILES string of the molecule is Cc1ncc(-c2ccc(Cl)cc2OC(C)C)nc1N. The molecular formula is C14H16ClN3O. The van der Waals surface area contributed by atoms with Gasteiger partial charge in [0.25, 0.3) is 0 Å². The molecule has 0 amide bonds. The highest BCUT2D eigenvalue weighted by atomic mass is 35.5. The molecule has 19 heavy (non-hydrogen) atoms. The van der Waals surface area contributed by atoms with Crippen LogP contribution in [0.5, 0.6) is 5.75 Å². The Labute approximate surface area is 117 Å². The van der Waals surface area contributed by atoms with Crippen LogP contribution in [0.2, 0.25) is 5.02 Å². The lowest BCUT2D eigenvalue weighted by molar-refractivity contribution is 0.243. The molecule has 0 aliphatic rings. The summed E-state index contributed by atoms with van der Waals surface area (Å²) in [5.41, 5.74) is 8.02. The number of hydrogen-bond donors (Lipinski definition) is 1. The fraction of sp³-hybridized carbons (Fsp3) is 0.286. The van der Waals surface area contributed by atoms with Crippen molar-refractivity contribution in [2.45, 2.75) is 26.9 Å². The number of nitrogens with two attached hydrogens (primary N) is 1. The standard InChI is InChI=1S/C14H16ClN3O/c1-8(2)19-13-6-10(15)4-5-11(13)12-7-17-9(3)14(16)18-12/h4-8H,1-3H3,(H2,16,18). The quantitative estimate of drug-likeness (QED) is 0.933. The summed E-state index contributed by atoms with van der Waals surface area (Å²) in [5.74, 6) is 1.10. The highest BCUT2D eigenvalue weighted by Gasteiger charge is 2.11. The Bertz CT molecular complexity index is 599. The zero-order valence-electron chi connectivity index (χ0n) is 11.1. The van der Waals surface area contributed by atoms with Crippen molar-refractivity contribution in [3.05, 3.63) is 35.1 Å². The Morgan fingerprint density at radius 1 is 1.32 bits per heavy atom. The van der Waals surface area contributed by atoms with E-state index in [0.29, 0.717) is 28.0 Å². The molecule has 1 heterocycles. The van der Waals surface area contributed by atoms with Crippen LogP contribution in [0, 0.1) is 6.92 Å². The van der Waals surface area contributed by atoms with Gasteiger partial charge in [0.2, 0.25) is 0 Å². The largest absolute Gasteiger partial charge is 0.490 e. The molecule has 0 fully saturated rings. The van der Waals surface area contributed by atoms with E-state index in [9.17, 15) is 0 Å². The molecule has 0 unspecified atom stereocenters. The van der Waals surface area contributed by atoms with Crippen molar-refractivity contribution in [1.82, 2.24) is 9.97 Å². The van der Waals surface area contributed by atoms with Gasteiger partial charge in [-0.2, -0.15) is 0 Å². The second-order valence-corrected chi connectivity index (χ2v) is 4.97. The molecule has 0 atom stereocenters. The van der Waals surface area contributed by atoms with Crippen molar-refractivity contribution in [3.63, 3.8) is 0 Å². The summed E-state index contributed by atoms with van der Waals surface area (Å²) in [7, 11) is 0. The fourth-order valence-corrected chi connectivity index (χ4v) is 1.81. The number of ether oxygens (including phenoxy) is 1. The van der Waals surface area contributed by atoms with Crippen molar-refractivity contribution < 1.29 is 4.74 Å². The van der Waals surface area contributed by atoms with E-state index in [4.69, 9.17) is 22.1 Å². The van der Waals surface area contributed by atoms with Gasteiger partial charge in [0, 0.05) is 10.6 Å². The number of halogens is 1. The lowest BCUT2D eigenvalue weighted by atomic mass is 10.1. The van der Waals surface area contributed by atoms with E-state index in [1.54, 1.807) is 18.3 Å². The summed E-state index contributed by atoms with van der Waals surface area (Å²) < 4.78 is 5.76. The van der Waals surface area contributed by atoms with E-state index in [-0.39, 0.29) is 6.10 Å². The number of nitrogen functional groups attached to an aromatic ring is 1. The van der Waals surface area contributed by atoms with E-state index in [1.165, 1.54) is 0 Å². The highest BCUT2D eigenvalue weighted by molar-refractivity contribution is 6.30. The molecule has 1 aromatic heterocycles. The van der Waals surface area contributed by atoms with Crippen LogP contribution in [0.3, 0.4) is 0 Å². The first-order chi connectivity index (χ1) is 8.97. The molecule has 2 N–H and O–H groups in total. The number of anilines is 1. The number of hydrogen-bond acceptors (Lipinski definition) is 4. The number of aryl methyl sites for hydroxylation is 1. The van der Waals surface area contributed by atoms with Gasteiger partial charge in [0.1, 0.15) is 11.6 Å². The number of rotatable bonds is 3. The number of benzene rings is 1. The van der Waals surface area contributed by atoms with Crippen LogP contribution in [-0.4, -0.2) is 16.1 Å². The Morgan fingerprint density at radius 3 is 2.68 bits per heavy atom. The van der Waals surface area contributed by atoms with Gasteiger partial charge >= 0.3 is 0 Å². The summed E-state index contributed by atoms with van der Waals surface area (Å²) in [6.07, 6.45) is 1.73. The first-order valence-electron chi connectivity index (χ1n) is 6.03. The van der Waals surface area contributed by atoms with Crippen LogP contribution >= 0.6 is 11.6 Å². The van der Waals surface area contributed by atoms with E-state index in [1.807, 2.05) is 26.8 Å². The molecule has 0 saturated heterocycles. The first-order valence-corrected chi connectivity index (χ1v) is 6.41. The van der Waals surface area contributed by atoms with Crippen LogP contribution in [-0.2, 0) is 0 Å². The third-order valence-electron chi connectivity index (χ3n) is 2.57. The molecule has 0 bridgehead atoms. The van der Waals surface area contributed by atoms with E-state index < -0.39 is 0 Å². The van der Waals surface area contributed by atoms with Crippen LogP contribution in [0.25, 0.3) is 11.3 Å². The lowest BCUT2D eigenvalue weighted by Gasteiger charge is -2.14. The topological polar surface area (TPSA) is 61.0 Å². The molecule has 0 radical (unpaired) electrons. The van der Waals surface area contributed by atoms with Gasteiger partial charge in [-0.05, 0) is 39.0 Å². The monoisotopic (exact) mass is 277 g/mol. The molecule has 0 aliphatic heterocycles. The average molecular weight is 278 g/mol. The predicted molar refractivity (Wildman–Crippen MR) is 77.4 cm³/mol. The second kappa shape index (κ2) is 5.45. The van der Waals surface area contributed by atoms with E-state index in [2.05, 4.69) is 9.97 Å². The highest BCUT2D eigenvalue weighted by Crippen LogP contribution is 2.32. The van der Waals surface area contributed by atoms with Crippen LogP contribution in [0.1, 0.15) is 19.5 Å². The molecule has 5 heteroatoms. The maximum atomic E-state index is 6.00. The van der Waals surface area contributed by atoms with Gasteiger partial charge in [0.15, 0.2) is 0 Å². The number of aromatic nitrogens is 2. The van der Waals surface area contributed by atoms with Crippen molar-refractivity contribution in [2.75, 3.05) is 5.73 Å². The maximum Gasteiger partial charge on any atom is 0.145 e. The lowest BCUT2D eigenvalue weighted by Crippen LogP contribution is -2.07. The zero-order chi connectivity index (χ0) is 14.0. The minimum atomic E-state index is 0.0490. The van der Waals surface area contributed by atoms with Gasteiger partial charge < -0.3 is 10.5 Å². The Kier molecular flexibility index (Phi) is 3.90. The summed E-state index contributed by atoms with van der Waals surface area (Å²) >= 11 is 6.00. The summed E-state index contributed by atoms with van der Waals surface area (Å²) in [5, 5.41) is 0.618. The molecular weight excluding hydrogens is 262 g/mol. The first kappa shape index (κ1) is 13.6. The van der Waals surface area contributed by atoms with Crippen LogP contribution in [0.4, 0.5) is 5.82 Å². The molecule has 0 spiro atoms. The normalized spacial score (nSPS) is 10.8. The molecule has 4 nitrogen and oxygen atoms in total. The molecule has 0 aliphatic carbocycles. The Hall–Kier alpha value is -1.81. The van der Waals surface area contributed by atoms with Gasteiger partial charge in [-0.25, -0.2) is 4.98 Å². The van der Waals surface area contributed by atoms with Crippen LogP contribution < -0.4 is 10.5 Å². The van der Waals surface area contributed by atoms with Crippen molar-refractivity contribution in [2.24, 2.45) is 0 Å². The molecule has 2 aromatic rings. The van der Waals surface area contributed by atoms with Gasteiger partial charge in [-0.1, -0.05) is 11.6 Å². The molecule has 100 valence electrons. The summed E-state index contributed by atoms with van der Waals surface area (Å²) in [6.45, 7) is 5.74.